The van der Waals surface area contributed by atoms with Crippen LogP contribution in [0.5, 0.6) is 0 Å². The summed E-state index contributed by atoms with van der Waals surface area (Å²) in [7, 11) is 1.79. The summed E-state index contributed by atoms with van der Waals surface area (Å²) in [5, 5.41) is 0.713. The van der Waals surface area contributed by atoms with E-state index in [-0.39, 0.29) is 17.9 Å². The van der Waals surface area contributed by atoms with Gasteiger partial charge in [-0.1, -0.05) is 37.6 Å². The van der Waals surface area contributed by atoms with Crippen LogP contribution in [-0.4, -0.2) is 28.9 Å². The average molecular weight is 321 g/mol. The first kappa shape index (κ1) is 16.6. The molecule has 0 fully saturated rings. The lowest BCUT2D eigenvalue weighted by Gasteiger charge is -2.24. The number of hydrogen-bond donors (Lipinski definition) is 0. The number of carbonyl (C=O) groups is 1. The van der Waals surface area contributed by atoms with E-state index in [0.29, 0.717) is 16.5 Å². The SMILES string of the molecule is CC(C)c1ocnc1C(=O)N(C)[C@@H](C)Cc1ccc(Cl)cc1. The molecule has 0 bridgehead atoms. The smallest absolute Gasteiger partial charge is 0.276 e. The largest absolute Gasteiger partial charge is 0.447 e. The molecule has 1 atom stereocenters. The highest BCUT2D eigenvalue weighted by Crippen LogP contribution is 2.21. The molecule has 0 unspecified atom stereocenters. The molecule has 118 valence electrons. The summed E-state index contributed by atoms with van der Waals surface area (Å²) in [6, 6.07) is 7.73. The van der Waals surface area contributed by atoms with Crippen LogP contribution in [-0.2, 0) is 6.42 Å². The van der Waals surface area contributed by atoms with Gasteiger partial charge < -0.3 is 9.32 Å². The number of amides is 1. The van der Waals surface area contributed by atoms with E-state index in [1.807, 2.05) is 45.0 Å². The molecule has 0 aliphatic carbocycles. The van der Waals surface area contributed by atoms with Crippen molar-refractivity contribution in [2.75, 3.05) is 7.05 Å². The summed E-state index contributed by atoms with van der Waals surface area (Å²) in [5.41, 5.74) is 1.54. The number of carbonyl (C=O) groups excluding carboxylic acids is 1. The first-order valence-corrected chi connectivity index (χ1v) is 7.73. The number of hydrogen-bond acceptors (Lipinski definition) is 3. The zero-order valence-electron chi connectivity index (χ0n) is 13.3. The maximum absolute atomic E-state index is 12.6. The fourth-order valence-electron chi connectivity index (χ4n) is 2.29. The van der Waals surface area contributed by atoms with E-state index in [9.17, 15) is 4.79 Å². The van der Waals surface area contributed by atoms with Crippen LogP contribution in [0.1, 0.15) is 48.5 Å². The van der Waals surface area contributed by atoms with Gasteiger partial charge in [0.15, 0.2) is 12.1 Å². The number of halogens is 1. The van der Waals surface area contributed by atoms with Gasteiger partial charge in [0.1, 0.15) is 5.76 Å². The molecule has 0 spiro atoms. The van der Waals surface area contributed by atoms with Gasteiger partial charge >= 0.3 is 0 Å². The van der Waals surface area contributed by atoms with Crippen molar-refractivity contribution in [3.8, 4) is 0 Å². The Morgan fingerprint density at radius 1 is 1.27 bits per heavy atom. The van der Waals surface area contributed by atoms with Crippen LogP contribution in [0.3, 0.4) is 0 Å². The van der Waals surface area contributed by atoms with Crippen molar-refractivity contribution in [3.63, 3.8) is 0 Å². The second-order valence-electron chi connectivity index (χ2n) is 5.82. The van der Waals surface area contributed by atoms with E-state index < -0.39 is 0 Å². The van der Waals surface area contributed by atoms with Crippen molar-refractivity contribution in [1.82, 2.24) is 9.88 Å². The van der Waals surface area contributed by atoms with Crippen molar-refractivity contribution in [2.45, 2.75) is 39.2 Å². The van der Waals surface area contributed by atoms with Gasteiger partial charge in [-0.3, -0.25) is 4.79 Å². The monoisotopic (exact) mass is 320 g/mol. The first-order valence-electron chi connectivity index (χ1n) is 7.35. The average Bonchev–Trinajstić information content (AvgIpc) is 2.97. The molecule has 0 radical (unpaired) electrons. The molecule has 1 heterocycles. The predicted octanol–water partition coefficient (Wildman–Crippen LogP) is 4.15. The molecule has 5 heteroatoms. The number of likely N-dealkylation sites (N-methyl/N-ethyl adjacent to an activating group) is 1. The second-order valence-corrected chi connectivity index (χ2v) is 6.25. The number of oxazole rings is 1. The lowest BCUT2D eigenvalue weighted by Crippen LogP contribution is -2.37. The fraction of sp³-hybridized carbons (Fsp3) is 0.412. The van der Waals surface area contributed by atoms with Crippen molar-refractivity contribution in [3.05, 3.63) is 52.7 Å². The van der Waals surface area contributed by atoms with Crippen LogP contribution in [0.4, 0.5) is 0 Å². The molecule has 22 heavy (non-hydrogen) atoms. The minimum atomic E-state index is -0.112. The third-order valence-electron chi connectivity index (χ3n) is 3.75. The van der Waals surface area contributed by atoms with E-state index in [0.717, 1.165) is 12.0 Å². The summed E-state index contributed by atoms with van der Waals surface area (Å²) in [6.07, 6.45) is 2.09. The Bertz CT molecular complexity index is 634. The zero-order valence-corrected chi connectivity index (χ0v) is 14.1. The van der Waals surface area contributed by atoms with Gasteiger partial charge in [0, 0.05) is 24.0 Å². The van der Waals surface area contributed by atoms with Crippen LogP contribution in [0.25, 0.3) is 0 Å². The fourth-order valence-corrected chi connectivity index (χ4v) is 2.42. The van der Waals surface area contributed by atoms with Crippen LogP contribution in [0, 0.1) is 0 Å². The molecule has 1 aromatic heterocycles. The predicted molar refractivity (Wildman–Crippen MR) is 87.3 cm³/mol. The molecule has 0 saturated heterocycles. The molecule has 4 nitrogen and oxygen atoms in total. The second kappa shape index (κ2) is 6.97. The van der Waals surface area contributed by atoms with E-state index >= 15 is 0 Å². The third-order valence-corrected chi connectivity index (χ3v) is 4.00. The van der Waals surface area contributed by atoms with Crippen LogP contribution in [0.2, 0.25) is 5.02 Å². The molecule has 2 rings (SSSR count). The van der Waals surface area contributed by atoms with Gasteiger partial charge in [0.25, 0.3) is 5.91 Å². The van der Waals surface area contributed by atoms with Gasteiger partial charge in [-0.2, -0.15) is 0 Å². The molecule has 0 aliphatic rings. The maximum atomic E-state index is 12.6. The number of rotatable bonds is 5. The Labute approximate surface area is 136 Å². The maximum Gasteiger partial charge on any atom is 0.276 e. The van der Waals surface area contributed by atoms with Crippen molar-refractivity contribution in [1.29, 1.82) is 0 Å². The van der Waals surface area contributed by atoms with E-state index in [4.69, 9.17) is 16.0 Å². The van der Waals surface area contributed by atoms with Crippen molar-refractivity contribution < 1.29 is 9.21 Å². The molecular weight excluding hydrogens is 300 g/mol. The Morgan fingerprint density at radius 3 is 2.50 bits per heavy atom. The van der Waals surface area contributed by atoms with Crippen molar-refractivity contribution in [2.24, 2.45) is 0 Å². The highest BCUT2D eigenvalue weighted by molar-refractivity contribution is 6.30. The number of nitrogens with zero attached hydrogens (tertiary/aromatic N) is 2. The van der Waals surface area contributed by atoms with Gasteiger partial charge in [-0.25, -0.2) is 4.98 Å². The molecule has 0 saturated carbocycles. The summed E-state index contributed by atoms with van der Waals surface area (Å²) in [5.74, 6) is 0.649. The quantitative estimate of drug-likeness (QED) is 0.831. The summed E-state index contributed by atoms with van der Waals surface area (Å²) in [6.45, 7) is 5.98. The Kier molecular flexibility index (Phi) is 5.24. The first-order chi connectivity index (χ1) is 10.4. The van der Waals surface area contributed by atoms with Gasteiger partial charge in [0.2, 0.25) is 0 Å². The number of aromatic nitrogens is 1. The highest BCUT2D eigenvalue weighted by Gasteiger charge is 2.25. The van der Waals surface area contributed by atoms with Crippen LogP contribution < -0.4 is 0 Å². The Hall–Kier alpha value is -1.81. The summed E-state index contributed by atoms with van der Waals surface area (Å²) < 4.78 is 5.34. The van der Waals surface area contributed by atoms with E-state index in [1.54, 1.807) is 11.9 Å². The van der Waals surface area contributed by atoms with Crippen molar-refractivity contribution >= 4 is 17.5 Å². The minimum Gasteiger partial charge on any atom is -0.447 e. The molecule has 0 N–H and O–H groups in total. The summed E-state index contributed by atoms with van der Waals surface area (Å²) in [4.78, 5) is 18.4. The third kappa shape index (κ3) is 3.69. The highest BCUT2D eigenvalue weighted by atomic mass is 35.5. The van der Waals surface area contributed by atoms with Gasteiger partial charge in [0.05, 0.1) is 0 Å². The Balaban J connectivity index is 2.09. The summed E-state index contributed by atoms with van der Waals surface area (Å²) >= 11 is 5.89. The molecule has 1 amide bonds. The lowest BCUT2D eigenvalue weighted by atomic mass is 10.0. The number of benzene rings is 1. The topological polar surface area (TPSA) is 46.3 Å². The van der Waals surface area contributed by atoms with E-state index in [1.165, 1.54) is 6.39 Å². The molecule has 1 aromatic carbocycles. The van der Waals surface area contributed by atoms with Gasteiger partial charge in [-0.05, 0) is 31.0 Å². The zero-order chi connectivity index (χ0) is 16.3. The molecule has 2 aromatic rings. The molecular formula is C17H21ClN2O2. The lowest BCUT2D eigenvalue weighted by molar-refractivity contribution is 0.0735. The van der Waals surface area contributed by atoms with Crippen LogP contribution >= 0.6 is 11.6 Å². The standard InChI is InChI=1S/C17H21ClN2O2/c1-11(2)16-15(19-10-22-16)17(21)20(4)12(3)9-13-5-7-14(18)8-6-13/h5-8,10-12H,9H2,1-4H3/t12-/m0/s1. The van der Waals surface area contributed by atoms with E-state index in [2.05, 4.69) is 4.98 Å². The Morgan fingerprint density at radius 2 is 1.91 bits per heavy atom. The minimum absolute atomic E-state index is 0.0467. The van der Waals surface area contributed by atoms with Gasteiger partial charge in [-0.15, -0.1) is 0 Å². The molecule has 0 aliphatic heterocycles. The van der Waals surface area contributed by atoms with Crippen LogP contribution in [0.15, 0.2) is 35.1 Å². The normalized spacial score (nSPS) is 12.5.